The van der Waals surface area contributed by atoms with Gasteiger partial charge in [0.15, 0.2) is 0 Å². The predicted octanol–water partition coefficient (Wildman–Crippen LogP) is 4.38. The molecule has 21 heavy (non-hydrogen) atoms. The lowest BCUT2D eigenvalue weighted by Gasteiger charge is -2.19. The van der Waals surface area contributed by atoms with Crippen molar-refractivity contribution in [2.75, 3.05) is 13.7 Å². The molecule has 2 aromatic carbocycles. The van der Waals surface area contributed by atoms with Crippen molar-refractivity contribution in [2.24, 2.45) is 0 Å². The number of hydrogen-bond donors (Lipinski definition) is 1. The normalized spacial score (nSPS) is 12.2. The molecule has 0 aliphatic carbocycles. The minimum atomic E-state index is -0.380. The van der Waals surface area contributed by atoms with E-state index in [2.05, 4.69) is 12.2 Å². The fraction of sp³-hybridized carbons (Fsp3) is 0.294. The molecule has 0 aromatic heterocycles. The molecule has 2 aromatic rings. The van der Waals surface area contributed by atoms with Crippen LogP contribution in [0.2, 0.25) is 5.02 Å². The Kier molecular flexibility index (Phi) is 5.59. The van der Waals surface area contributed by atoms with E-state index in [9.17, 15) is 4.39 Å². The molecule has 1 atom stereocenters. The third-order valence-corrected chi connectivity index (χ3v) is 3.68. The predicted molar refractivity (Wildman–Crippen MR) is 84.5 cm³/mol. The van der Waals surface area contributed by atoms with E-state index in [1.165, 1.54) is 6.07 Å². The second-order valence-electron chi connectivity index (χ2n) is 4.84. The van der Waals surface area contributed by atoms with E-state index < -0.39 is 0 Å². The Labute approximate surface area is 129 Å². The summed E-state index contributed by atoms with van der Waals surface area (Å²) in [6.07, 6.45) is 0.690. The van der Waals surface area contributed by atoms with E-state index in [0.29, 0.717) is 6.42 Å². The van der Waals surface area contributed by atoms with E-state index in [1.807, 2.05) is 30.3 Å². The number of halogens is 2. The van der Waals surface area contributed by atoms with E-state index in [0.717, 1.165) is 23.4 Å². The Bertz CT molecular complexity index is 603. The highest BCUT2D eigenvalue weighted by Gasteiger charge is 2.13. The zero-order chi connectivity index (χ0) is 15.2. The molecule has 112 valence electrons. The van der Waals surface area contributed by atoms with Gasteiger partial charge < -0.3 is 10.1 Å². The van der Waals surface area contributed by atoms with Gasteiger partial charge in [-0.1, -0.05) is 36.7 Å². The van der Waals surface area contributed by atoms with E-state index in [1.54, 1.807) is 13.2 Å². The van der Waals surface area contributed by atoms with Gasteiger partial charge in [0.05, 0.1) is 12.1 Å². The van der Waals surface area contributed by atoms with Gasteiger partial charge in [-0.05, 0) is 48.4 Å². The highest BCUT2D eigenvalue weighted by atomic mass is 35.5. The summed E-state index contributed by atoms with van der Waals surface area (Å²) in [6, 6.07) is 13.0. The van der Waals surface area contributed by atoms with Gasteiger partial charge in [-0.15, -0.1) is 0 Å². The summed E-state index contributed by atoms with van der Waals surface area (Å²) in [5, 5.41) is 3.57. The quantitative estimate of drug-likeness (QED) is 0.855. The largest absolute Gasteiger partial charge is 0.497 e. The standard InChI is InChI=1S/C17H19ClFNO/c1-3-20-17(13-5-4-6-14(11-13)21-2)10-12-7-8-15(18)16(19)9-12/h4-9,11,17,20H,3,10H2,1-2H3. The molecular formula is C17H19ClFNO. The Morgan fingerprint density at radius 3 is 2.71 bits per heavy atom. The van der Waals surface area contributed by atoms with Crippen molar-refractivity contribution in [3.8, 4) is 5.75 Å². The first-order chi connectivity index (χ1) is 10.1. The molecule has 4 heteroatoms. The Morgan fingerprint density at radius 1 is 1.24 bits per heavy atom. The summed E-state index contributed by atoms with van der Waals surface area (Å²) in [7, 11) is 1.65. The molecule has 0 bridgehead atoms. The van der Waals surface area contributed by atoms with Crippen molar-refractivity contribution >= 4 is 11.6 Å². The number of nitrogens with one attached hydrogen (secondary N) is 1. The van der Waals surface area contributed by atoms with Crippen LogP contribution in [0.5, 0.6) is 5.75 Å². The molecule has 0 amide bonds. The molecule has 0 aliphatic rings. The van der Waals surface area contributed by atoms with E-state index >= 15 is 0 Å². The number of likely N-dealkylation sites (N-methyl/N-ethyl adjacent to an activating group) is 1. The molecule has 1 N–H and O–H groups in total. The maximum atomic E-state index is 13.6. The molecule has 0 heterocycles. The summed E-state index contributed by atoms with van der Waals surface area (Å²) < 4.78 is 18.8. The minimum absolute atomic E-state index is 0.102. The van der Waals surface area contributed by atoms with Gasteiger partial charge >= 0.3 is 0 Å². The smallest absolute Gasteiger partial charge is 0.142 e. The number of rotatable bonds is 6. The van der Waals surface area contributed by atoms with Crippen LogP contribution < -0.4 is 10.1 Å². The summed E-state index contributed by atoms with van der Waals surface area (Å²) in [6.45, 7) is 2.88. The SMILES string of the molecule is CCNC(Cc1ccc(Cl)c(F)c1)c1cccc(OC)c1. The summed E-state index contributed by atoms with van der Waals surface area (Å²) in [4.78, 5) is 0. The van der Waals surface area contributed by atoms with Crippen LogP contribution in [0.25, 0.3) is 0 Å². The van der Waals surface area contributed by atoms with Crippen LogP contribution in [0, 0.1) is 5.82 Å². The molecular weight excluding hydrogens is 289 g/mol. The van der Waals surface area contributed by atoms with E-state index in [4.69, 9.17) is 16.3 Å². The number of ether oxygens (including phenoxy) is 1. The lowest BCUT2D eigenvalue weighted by atomic mass is 9.98. The van der Waals surface area contributed by atoms with Crippen LogP contribution in [0.15, 0.2) is 42.5 Å². The van der Waals surface area contributed by atoms with Gasteiger partial charge in [-0.2, -0.15) is 0 Å². The highest BCUT2D eigenvalue weighted by molar-refractivity contribution is 6.30. The van der Waals surface area contributed by atoms with Crippen LogP contribution in [-0.2, 0) is 6.42 Å². The molecule has 0 aliphatic heterocycles. The summed E-state index contributed by atoms with van der Waals surface area (Å²) in [5.74, 6) is 0.438. The average molecular weight is 308 g/mol. The lowest BCUT2D eigenvalue weighted by molar-refractivity contribution is 0.413. The number of methoxy groups -OCH3 is 1. The molecule has 0 radical (unpaired) electrons. The molecule has 2 rings (SSSR count). The molecule has 0 saturated carbocycles. The molecule has 0 spiro atoms. The van der Waals surface area contributed by atoms with Gasteiger partial charge in [-0.3, -0.25) is 0 Å². The van der Waals surface area contributed by atoms with Crippen molar-refractivity contribution in [1.82, 2.24) is 5.32 Å². The summed E-state index contributed by atoms with van der Waals surface area (Å²) >= 11 is 5.73. The maximum absolute atomic E-state index is 13.6. The van der Waals surface area contributed by atoms with Gasteiger partial charge in [-0.25, -0.2) is 4.39 Å². The van der Waals surface area contributed by atoms with Crippen LogP contribution in [0.3, 0.4) is 0 Å². The van der Waals surface area contributed by atoms with Crippen LogP contribution in [0.1, 0.15) is 24.1 Å². The second kappa shape index (κ2) is 7.43. The van der Waals surface area contributed by atoms with Crippen molar-refractivity contribution < 1.29 is 9.13 Å². The van der Waals surface area contributed by atoms with Gasteiger partial charge in [0, 0.05) is 6.04 Å². The first-order valence-corrected chi connectivity index (χ1v) is 7.33. The summed E-state index contributed by atoms with van der Waals surface area (Å²) in [5.41, 5.74) is 2.03. The Morgan fingerprint density at radius 2 is 2.05 bits per heavy atom. The van der Waals surface area contributed by atoms with Crippen molar-refractivity contribution in [1.29, 1.82) is 0 Å². The van der Waals surface area contributed by atoms with Crippen molar-refractivity contribution in [3.05, 3.63) is 64.4 Å². The fourth-order valence-corrected chi connectivity index (χ4v) is 2.43. The van der Waals surface area contributed by atoms with Gasteiger partial charge in [0.2, 0.25) is 0 Å². The molecule has 0 saturated heterocycles. The second-order valence-corrected chi connectivity index (χ2v) is 5.25. The van der Waals surface area contributed by atoms with Crippen molar-refractivity contribution in [3.63, 3.8) is 0 Å². The first-order valence-electron chi connectivity index (χ1n) is 6.95. The maximum Gasteiger partial charge on any atom is 0.142 e. The minimum Gasteiger partial charge on any atom is -0.497 e. The van der Waals surface area contributed by atoms with E-state index in [-0.39, 0.29) is 16.9 Å². The number of hydrogen-bond acceptors (Lipinski definition) is 2. The fourth-order valence-electron chi connectivity index (χ4n) is 2.31. The first kappa shape index (κ1) is 15.8. The lowest BCUT2D eigenvalue weighted by Crippen LogP contribution is -2.23. The third-order valence-electron chi connectivity index (χ3n) is 3.37. The zero-order valence-corrected chi connectivity index (χ0v) is 13.0. The molecule has 0 fully saturated rings. The Balaban J connectivity index is 2.23. The van der Waals surface area contributed by atoms with Crippen molar-refractivity contribution in [2.45, 2.75) is 19.4 Å². The zero-order valence-electron chi connectivity index (χ0n) is 12.2. The molecule has 2 nitrogen and oxygen atoms in total. The van der Waals surface area contributed by atoms with Crippen LogP contribution in [0.4, 0.5) is 4.39 Å². The monoisotopic (exact) mass is 307 g/mol. The molecule has 1 unspecified atom stereocenters. The Hall–Kier alpha value is -1.58. The average Bonchev–Trinajstić information content (AvgIpc) is 2.50. The van der Waals surface area contributed by atoms with Gasteiger partial charge in [0.1, 0.15) is 11.6 Å². The van der Waals surface area contributed by atoms with Crippen LogP contribution in [-0.4, -0.2) is 13.7 Å². The van der Waals surface area contributed by atoms with Crippen LogP contribution >= 0.6 is 11.6 Å². The number of benzene rings is 2. The third kappa shape index (κ3) is 4.19. The highest BCUT2D eigenvalue weighted by Crippen LogP contribution is 2.24. The topological polar surface area (TPSA) is 21.3 Å². The van der Waals surface area contributed by atoms with Gasteiger partial charge in [0.25, 0.3) is 0 Å².